The first-order chi connectivity index (χ1) is 6.69. The van der Waals surface area contributed by atoms with E-state index in [-0.39, 0.29) is 0 Å². The number of methoxy groups -OCH3 is 1. The van der Waals surface area contributed by atoms with E-state index >= 15 is 0 Å². The molecular formula is C10H10O3S. The molecule has 1 heterocycles. The van der Waals surface area contributed by atoms with Crippen LogP contribution in [0.4, 0.5) is 0 Å². The second-order valence-electron chi connectivity index (χ2n) is 2.53. The quantitative estimate of drug-likeness (QED) is 0.565. The fraction of sp³-hybridized carbons (Fsp3) is 0.300. The minimum atomic E-state index is -0.519. The van der Waals surface area contributed by atoms with Crippen molar-refractivity contribution in [2.45, 2.75) is 13.0 Å². The lowest BCUT2D eigenvalue weighted by molar-refractivity contribution is 0.0441. The summed E-state index contributed by atoms with van der Waals surface area (Å²) in [6, 6.07) is 1.71. The van der Waals surface area contributed by atoms with Gasteiger partial charge in [0.2, 0.25) is 0 Å². The van der Waals surface area contributed by atoms with Crippen molar-refractivity contribution in [3.05, 3.63) is 16.3 Å². The van der Waals surface area contributed by atoms with E-state index in [9.17, 15) is 4.79 Å². The predicted octanol–water partition coefficient (Wildman–Crippen LogP) is 1.94. The highest BCUT2D eigenvalue weighted by Gasteiger charge is 2.16. The molecule has 1 aromatic heterocycles. The van der Waals surface area contributed by atoms with Gasteiger partial charge in [0.25, 0.3) is 0 Å². The molecule has 0 aliphatic rings. The van der Waals surface area contributed by atoms with Crippen LogP contribution in [0, 0.1) is 12.3 Å². The van der Waals surface area contributed by atoms with Crippen molar-refractivity contribution < 1.29 is 14.3 Å². The van der Waals surface area contributed by atoms with Crippen LogP contribution in [0.5, 0.6) is 5.75 Å². The standard InChI is InChI=1S/C10H10O3S/c1-4-7(2)13-10(11)9-8(12-3)5-6-14-9/h1,5-7H,2-3H3/t7-/m1/s1. The summed E-state index contributed by atoms with van der Waals surface area (Å²) in [7, 11) is 1.50. The summed E-state index contributed by atoms with van der Waals surface area (Å²) in [5, 5.41) is 1.76. The van der Waals surface area contributed by atoms with Gasteiger partial charge in [0.05, 0.1) is 7.11 Å². The van der Waals surface area contributed by atoms with E-state index in [2.05, 4.69) is 5.92 Å². The molecule has 0 amide bonds. The molecule has 0 aliphatic carbocycles. The summed E-state index contributed by atoms with van der Waals surface area (Å²) in [6.45, 7) is 1.64. The zero-order valence-corrected chi connectivity index (χ0v) is 8.76. The second kappa shape index (κ2) is 4.68. The molecule has 4 heteroatoms. The molecule has 0 saturated carbocycles. The van der Waals surface area contributed by atoms with Crippen LogP contribution in [0.3, 0.4) is 0 Å². The number of hydrogen-bond donors (Lipinski definition) is 0. The molecule has 0 aliphatic heterocycles. The minimum absolute atomic E-state index is 0.439. The van der Waals surface area contributed by atoms with Gasteiger partial charge in [0, 0.05) is 0 Å². The van der Waals surface area contributed by atoms with Crippen LogP contribution < -0.4 is 4.74 Å². The first-order valence-electron chi connectivity index (χ1n) is 3.97. The maximum atomic E-state index is 11.5. The van der Waals surface area contributed by atoms with E-state index in [1.807, 2.05) is 0 Å². The molecule has 0 fully saturated rings. The highest BCUT2D eigenvalue weighted by molar-refractivity contribution is 7.12. The number of carbonyl (C=O) groups is 1. The summed E-state index contributed by atoms with van der Waals surface area (Å²) < 4.78 is 9.92. The van der Waals surface area contributed by atoms with Crippen LogP contribution >= 0.6 is 11.3 Å². The third kappa shape index (κ3) is 2.27. The molecule has 1 atom stereocenters. The van der Waals surface area contributed by atoms with Crippen LogP contribution in [0.2, 0.25) is 0 Å². The van der Waals surface area contributed by atoms with Crippen molar-refractivity contribution in [2.24, 2.45) is 0 Å². The van der Waals surface area contributed by atoms with Gasteiger partial charge in [-0.3, -0.25) is 0 Å². The van der Waals surface area contributed by atoms with Gasteiger partial charge in [-0.15, -0.1) is 17.8 Å². The molecule has 1 aromatic rings. The molecular weight excluding hydrogens is 200 g/mol. The molecule has 0 saturated heterocycles. The Morgan fingerprint density at radius 3 is 3.00 bits per heavy atom. The normalized spacial score (nSPS) is 11.5. The Bertz CT molecular complexity index is 362. The number of terminal acetylenes is 1. The van der Waals surface area contributed by atoms with Crippen LogP contribution in [0.15, 0.2) is 11.4 Å². The van der Waals surface area contributed by atoms with Crippen molar-refractivity contribution >= 4 is 17.3 Å². The van der Waals surface area contributed by atoms with Gasteiger partial charge in [-0.25, -0.2) is 4.79 Å². The predicted molar refractivity (Wildman–Crippen MR) is 54.6 cm³/mol. The number of thiophene rings is 1. The van der Waals surface area contributed by atoms with E-state index in [1.165, 1.54) is 18.4 Å². The van der Waals surface area contributed by atoms with Crippen molar-refractivity contribution in [1.82, 2.24) is 0 Å². The molecule has 0 bridgehead atoms. The summed E-state index contributed by atoms with van der Waals surface area (Å²) in [4.78, 5) is 11.9. The van der Waals surface area contributed by atoms with Gasteiger partial charge in [-0.1, -0.05) is 5.92 Å². The highest BCUT2D eigenvalue weighted by atomic mass is 32.1. The lowest BCUT2D eigenvalue weighted by Gasteiger charge is -2.06. The molecule has 0 spiro atoms. The largest absolute Gasteiger partial charge is 0.495 e. The molecule has 14 heavy (non-hydrogen) atoms. The Morgan fingerprint density at radius 1 is 1.71 bits per heavy atom. The van der Waals surface area contributed by atoms with Crippen molar-refractivity contribution in [3.63, 3.8) is 0 Å². The minimum Gasteiger partial charge on any atom is -0.495 e. The van der Waals surface area contributed by atoms with Crippen molar-refractivity contribution in [3.8, 4) is 18.1 Å². The average molecular weight is 210 g/mol. The SMILES string of the molecule is C#C[C@@H](C)OC(=O)c1sccc1OC. The zero-order valence-electron chi connectivity index (χ0n) is 7.94. The van der Waals surface area contributed by atoms with Crippen molar-refractivity contribution in [2.75, 3.05) is 7.11 Å². The van der Waals surface area contributed by atoms with Gasteiger partial charge in [0.1, 0.15) is 5.75 Å². The van der Waals surface area contributed by atoms with Crippen LogP contribution in [0.1, 0.15) is 16.6 Å². The molecule has 0 N–H and O–H groups in total. The van der Waals surface area contributed by atoms with E-state index in [0.29, 0.717) is 10.6 Å². The van der Waals surface area contributed by atoms with Gasteiger partial charge in [0.15, 0.2) is 11.0 Å². The van der Waals surface area contributed by atoms with Gasteiger partial charge >= 0.3 is 5.97 Å². The number of rotatable bonds is 3. The van der Waals surface area contributed by atoms with E-state index in [1.54, 1.807) is 18.4 Å². The fourth-order valence-corrected chi connectivity index (χ4v) is 1.59. The first-order valence-corrected chi connectivity index (χ1v) is 4.85. The zero-order chi connectivity index (χ0) is 10.6. The molecule has 3 nitrogen and oxygen atoms in total. The molecule has 74 valence electrons. The van der Waals surface area contributed by atoms with Crippen LogP contribution in [-0.4, -0.2) is 19.2 Å². The number of esters is 1. The van der Waals surface area contributed by atoms with Gasteiger partial charge in [-0.05, 0) is 18.4 Å². The monoisotopic (exact) mass is 210 g/mol. The first kappa shape index (κ1) is 10.6. The lowest BCUT2D eigenvalue weighted by atomic mass is 10.4. The summed E-state index contributed by atoms with van der Waals surface area (Å²) in [5.41, 5.74) is 0. The number of ether oxygens (including phenoxy) is 2. The summed E-state index contributed by atoms with van der Waals surface area (Å²) in [5.74, 6) is 2.39. The van der Waals surface area contributed by atoms with E-state index in [0.717, 1.165) is 0 Å². The third-order valence-electron chi connectivity index (χ3n) is 1.55. The van der Waals surface area contributed by atoms with E-state index < -0.39 is 12.1 Å². The van der Waals surface area contributed by atoms with Gasteiger partial charge < -0.3 is 9.47 Å². The van der Waals surface area contributed by atoms with E-state index in [4.69, 9.17) is 15.9 Å². The number of carbonyl (C=O) groups excluding carboxylic acids is 1. The van der Waals surface area contributed by atoms with Crippen molar-refractivity contribution in [1.29, 1.82) is 0 Å². The Kier molecular flexibility index (Phi) is 3.55. The molecule has 1 rings (SSSR count). The Balaban J connectivity index is 2.75. The summed E-state index contributed by atoms with van der Waals surface area (Å²) >= 11 is 1.27. The molecule has 0 aromatic carbocycles. The third-order valence-corrected chi connectivity index (χ3v) is 2.43. The van der Waals surface area contributed by atoms with Gasteiger partial charge in [-0.2, -0.15) is 0 Å². The maximum absolute atomic E-state index is 11.5. The lowest BCUT2D eigenvalue weighted by Crippen LogP contribution is -2.12. The average Bonchev–Trinajstić information content (AvgIpc) is 2.65. The maximum Gasteiger partial charge on any atom is 0.353 e. The number of hydrogen-bond acceptors (Lipinski definition) is 4. The molecule has 0 unspecified atom stereocenters. The Morgan fingerprint density at radius 2 is 2.43 bits per heavy atom. The Labute approximate surface area is 86.6 Å². The fourth-order valence-electron chi connectivity index (χ4n) is 0.855. The second-order valence-corrected chi connectivity index (χ2v) is 3.45. The smallest absolute Gasteiger partial charge is 0.353 e. The van der Waals surface area contributed by atoms with Crippen LogP contribution in [0.25, 0.3) is 0 Å². The topological polar surface area (TPSA) is 35.5 Å². The Hall–Kier alpha value is -1.47. The highest BCUT2D eigenvalue weighted by Crippen LogP contribution is 2.25. The molecule has 0 radical (unpaired) electrons. The summed E-state index contributed by atoms with van der Waals surface area (Å²) in [6.07, 6.45) is 4.57. The van der Waals surface area contributed by atoms with Crippen LogP contribution in [-0.2, 0) is 4.74 Å².